The number of aryl methyl sites for hydroxylation is 1. The summed E-state index contributed by atoms with van der Waals surface area (Å²) >= 11 is 3.29. The van der Waals surface area contributed by atoms with Gasteiger partial charge >= 0.3 is 5.97 Å². The highest BCUT2D eigenvalue weighted by Crippen LogP contribution is 2.27. The molecule has 2 rings (SSSR count). The number of benzene rings is 2. The number of hydrogen-bond acceptors (Lipinski definition) is 3. The number of anilines is 1. The molecular formula is C19H20BrNO3. The fourth-order valence-electron chi connectivity index (χ4n) is 2.35. The largest absolute Gasteiger partial charge is 0.452 e. The SMILES string of the molecule is Cc1cccc(C(C)C)c1NC(=O)COC(=O)c1ccccc1Br. The van der Waals surface area contributed by atoms with Crippen molar-refractivity contribution in [3.63, 3.8) is 0 Å². The van der Waals surface area contributed by atoms with Crippen LogP contribution in [0, 0.1) is 6.92 Å². The van der Waals surface area contributed by atoms with E-state index in [0.717, 1.165) is 16.8 Å². The van der Waals surface area contributed by atoms with Crippen molar-refractivity contribution in [2.45, 2.75) is 26.7 Å². The predicted octanol–water partition coefficient (Wildman–Crippen LogP) is 4.68. The first-order valence-corrected chi connectivity index (χ1v) is 8.50. The van der Waals surface area contributed by atoms with Gasteiger partial charge in [-0.3, -0.25) is 4.79 Å². The summed E-state index contributed by atoms with van der Waals surface area (Å²) in [5.74, 6) is -0.610. The Bertz CT molecular complexity index is 756. The van der Waals surface area contributed by atoms with E-state index in [1.807, 2.05) is 25.1 Å². The number of nitrogens with one attached hydrogen (secondary N) is 1. The Balaban J connectivity index is 2.02. The standard InChI is InChI=1S/C19H20BrNO3/c1-12(2)14-9-6-7-13(3)18(14)21-17(22)11-24-19(23)15-8-4-5-10-16(15)20/h4-10,12H,11H2,1-3H3,(H,21,22). The Kier molecular flexibility index (Phi) is 6.15. The minimum absolute atomic E-state index is 0.281. The molecule has 0 fully saturated rings. The number of halogens is 1. The molecule has 0 unspecified atom stereocenters. The highest BCUT2D eigenvalue weighted by atomic mass is 79.9. The maximum Gasteiger partial charge on any atom is 0.339 e. The van der Waals surface area contributed by atoms with Crippen molar-refractivity contribution in [3.8, 4) is 0 Å². The quantitative estimate of drug-likeness (QED) is 0.755. The highest BCUT2D eigenvalue weighted by Gasteiger charge is 2.15. The van der Waals surface area contributed by atoms with Crippen molar-refractivity contribution in [1.82, 2.24) is 0 Å². The van der Waals surface area contributed by atoms with Crippen LogP contribution in [-0.4, -0.2) is 18.5 Å². The third-order valence-corrected chi connectivity index (χ3v) is 4.31. The Labute approximate surface area is 150 Å². The van der Waals surface area contributed by atoms with Gasteiger partial charge in [-0.25, -0.2) is 4.79 Å². The zero-order chi connectivity index (χ0) is 17.7. The molecule has 1 amide bonds. The van der Waals surface area contributed by atoms with Gasteiger partial charge in [0.15, 0.2) is 6.61 Å². The van der Waals surface area contributed by atoms with Gasteiger partial charge < -0.3 is 10.1 Å². The summed E-state index contributed by atoms with van der Waals surface area (Å²) in [4.78, 5) is 24.2. The maximum atomic E-state index is 12.2. The van der Waals surface area contributed by atoms with E-state index in [-0.39, 0.29) is 18.4 Å². The van der Waals surface area contributed by atoms with E-state index >= 15 is 0 Å². The second-order valence-electron chi connectivity index (χ2n) is 5.80. The molecule has 4 nitrogen and oxygen atoms in total. The van der Waals surface area contributed by atoms with Gasteiger partial charge in [0.05, 0.1) is 5.56 Å². The van der Waals surface area contributed by atoms with Gasteiger partial charge in [0.1, 0.15) is 0 Å². The van der Waals surface area contributed by atoms with E-state index in [4.69, 9.17) is 4.74 Å². The third-order valence-electron chi connectivity index (χ3n) is 3.62. The molecular weight excluding hydrogens is 370 g/mol. The molecule has 0 spiro atoms. The fourth-order valence-corrected chi connectivity index (χ4v) is 2.80. The van der Waals surface area contributed by atoms with Gasteiger partial charge in [0.2, 0.25) is 0 Å². The molecule has 0 aliphatic rings. The van der Waals surface area contributed by atoms with Gasteiger partial charge in [0.25, 0.3) is 5.91 Å². The van der Waals surface area contributed by atoms with Crippen molar-refractivity contribution in [3.05, 3.63) is 63.6 Å². The molecule has 0 bridgehead atoms. The molecule has 1 N–H and O–H groups in total. The van der Waals surface area contributed by atoms with Crippen LogP contribution in [0.4, 0.5) is 5.69 Å². The number of amides is 1. The lowest BCUT2D eigenvalue weighted by Crippen LogP contribution is -2.22. The molecule has 0 heterocycles. The summed E-state index contributed by atoms with van der Waals surface area (Å²) in [5, 5.41) is 2.85. The summed E-state index contributed by atoms with van der Waals surface area (Å²) in [6, 6.07) is 12.8. The second kappa shape index (κ2) is 8.11. The maximum absolute atomic E-state index is 12.2. The molecule has 0 aliphatic heterocycles. The van der Waals surface area contributed by atoms with Crippen LogP contribution in [0.3, 0.4) is 0 Å². The number of carbonyl (C=O) groups is 2. The normalized spacial score (nSPS) is 10.5. The second-order valence-corrected chi connectivity index (χ2v) is 6.65. The topological polar surface area (TPSA) is 55.4 Å². The van der Waals surface area contributed by atoms with E-state index in [1.165, 1.54) is 0 Å². The van der Waals surface area contributed by atoms with Gasteiger partial charge in [-0.2, -0.15) is 0 Å². The van der Waals surface area contributed by atoms with Crippen molar-refractivity contribution >= 4 is 33.5 Å². The lowest BCUT2D eigenvalue weighted by Gasteiger charge is -2.16. The molecule has 0 atom stereocenters. The Hall–Kier alpha value is -2.14. The first-order valence-electron chi connectivity index (χ1n) is 7.71. The zero-order valence-electron chi connectivity index (χ0n) is 13.9. The molecule has 0 saturated heterocycles. The average molecular weight is 390 g/mol. The number of carbonyl (C=O) groups excluding carboxylic acids is 2. The Morgan fingerprint density at radius 1 is 1.12 bits per heavy atom. The fraction of sp³-hybridized carbons (Fsp3) is 0.263. The summed E-state index contributed by atoms with van der Waals surface area (Å²) in [6.07, 6.45) is 0. The van der Waals surface area contributed by atoms with E-state index in [1.54, 1.807) is 24.3 Å². The number of para-hydroxylation sites is 1. The lowest BCUT2D eigenvalue weighted by molar-refractivity contribution is -0.119. The molecule has 24 heavy (non-hydrogen) atoms. The van der Waals surface area contributed by atoms with Crippen LogP contribution in [0.25, 0.3) is 0 Å². The summed E-state index contributed by atoms with van der Waals surface area (Å²) in [7, 11) is 0. The van der Waals surface area contributed by atoms with Crippen LogP contribution in [0.2, 0.25) is 0 Å². The molecule has 2 aromatic rings. The first-order chi connectivity index (χ1) is 11.4. The first kappa shape index (κ1) is 18.2. The van der Waals surface area contributed by atoms with Crippen molar-refractivity contribution < 1.29 is 14.3 Å². The zero-order valence-corrected chi connectivity index (χ0v) is 15.5. The summed E-state index contributed by atoms with van der Waals surface area (Å²) < 4.78 is 5.74. The van der Waals surface area contributed by atoms with E-state index in [2.05, 4.69) is 35.1 Å². The Morgan fingerprint density at radius 3 is 2.50 bits per heavy atom. The minimum Gasteiger partial charge on any atom is -0.452 e. The van der Waals surface area contributed by atoms with Crippen molar-refractivity contribution in [2.24, 2.45) is 0 Å². The number of rotatable bonds is 5. The number of ether oxygens (including phenoxy) is 1. The summed E-state index contributed by atoms with van der Waals surface area (Å²) in [6.45, 7) is 5.75. The van der Waals surface area contributed by atoms with Crippen LogP contribution in [0.5, 0.6) is 0 Å². The smallest absolute Gasteiger partial charge is 0.339 e. The lowest BCUT2D eigenvalue weighted by atomic mass is 9.98. The van der Waals surface area contributed by atoms with Crippen LogP contribution in [0.15, 0.2) is 46.9 Å². The minimum atomic E-state index is -0.536. The Morgan fingerprint density at radius 2 is 1.83 bits per heavy atom. The van der Waals surface area contributed by atoms with E-state index < -0.39 is 5.97 Å². The van der Waals surface area contributed by atoms with E-state index in [0.29, 0.717) is 10.0 Å². The van der Waals surface area contributed by atoms with Crippen LogP contribution in [-0.2, 0) is 9.53 Å². The van der Waals surface area contributed by atoms with Gasteiger partial charge in [-0.15, -0.1) is 0 Å². The van der Waals surface area contributed by atoms with Crippen molar-refractivity contribution in [1.29, 1.82) is 0 Å². The highest BCUT2D eigenvalue weighted by molar-refractivity contribution is 9.10. The number of hydrogen-bond donors (Lipinski definition) is 1. The molecule has 5 heteroatoms. The molecule has 0 saturated carbocycles. The van der Waals surface area contributed by atoms with E-state index in [9.17, 15) is 9.59 Å². The predicted molar refractivity (Wildman–Crippen MR) is 98.3 cm³/mol. The van der Waals surface area contributed by atoms with Gasteiger partial charge in [-0.05, 0) is 52.0 Å². The third kappa shape index (κ3) is 4.45. The van der Waals surface area contributed by atoms with Crippen molar-refractivity contribution in [2.75, 3.05) is 11.9 Å². The molecule has 126 valence electrons. The van der Waals surface area contributed by atoms with Gasteiger partial charge in [-0.1, -0.05) is 44.2 Å². The summed E-state index contributed by atoms with van der Waals surface area (Å²) in [5.41, 5.74) is 3.21. The number of esters is 1. The van der Waals surface area contributed by atoms with Gasteiger partial charge in [0, 0.05) is 10.2 Å². The van der Waals surface area contributed by atoms with Crippen LogP contribution in [0.1, 0.15) is 41.3 Å². The molecule has 0 aliphatic carbocycles. The van der Waals surface area contributed by atoms with Crippen LogP contribution < -0.4 is 5.32 Å². The molecule has 0 radical (unpaired) electrons. The average Bonchev–Trinajstić information content (AvgIpc) is 2.54. The van der Waals surface area contributed by atoms with Crippen LogP contribution >= 0.6 is 15.9 Å². The molecule has 0 aromatic heterocycles. The molecule has 2 aromatic carbocycles. The monoisotopic (exact) mass is 389 g/mol.